The molecule has 0 aliphatic carbocycles. The van der Waals surface area contributed by atoms with Crippen LogP contribution in [0.25, 0.3) is 0 Å². The molecule has 0 aromatic carbocycles. The predicted molar refractivity (Wildman–Crippen MR) is 74.1 cm³/mol. The molecule has 0 saturated carbocycles. The van der Waals surface area contributed by atoms with Crippen molar-refractivity contribution in [3.63, 3.8) is 0 Å². The Morgan fingerprint density at radius 2 is 1.75 bits per heavy atom. The van der Waals surface area contributed by atoms with E-state index in [9.17, 15) is 4.79 Å². The van der Waals surface area contributed by atoms with Crippen molar-refractivity contribution >= 4 is 17.5 Å². The van der Waals surface area contributed by atoms with Gasteiger partial charge in [0, 0.05) is 16.7 Å². The van der Waals surface area contributed by atoms with Gasteiger partial charge in [0.05, 0.1) is 6.04 Å². The maximum Gasteiger partial charge on any atom is 0.153 e. The monoisotopic (exact) mass is 245 g/mol. The average molecular weight is 245 g/mol. The molecule has 0 fully saturated rings. The zero-order valence-corrected chi connectivity index (χ0v) is 12.6. The molecule has 2 nitrogen and oxygen atoms in total. The first kappa shape index (κ1) is 16.0. The molecule has 1 unspecified atom stereocenters. The Kier molecular flexibility index (Phi) is 6.64. The minimum absolute atomic E-state index is 0.0413. The van der Waals surface area contributed by atoms with Gasteiger partial charge in [-0.1, -0.05) is 34.6 Å². The van der Waals surface area contributed by atoms with Crippen LogP contribution in [0.15, 0.2) is 0 Å². The minimum Gasteiger partial charge on any atom is -0.304 e. The topological polar surface area (TPSA) is 29.1 Å². The van der Waals surface area contributed by atoms with Gasteiger partial charge >= 0.3 is 0 Å². The Labute approximate surface area is 105 Å². The number of hydrogen-bond donors (Lipinski definition) is 1. The summed E-state index contributed by atoms with van der Waals surface area (Å²) in [4.78, 5) is 12.2. The van der Waals surface area contributed by atoms with Crippen LogP contribution in [-0.2, 0) is 4.79 Å². The highest BCUT2D eigenvalue weighted by Crippen LogP contribution is 2.30. The maximum absolute atomic E-state index is 12.2. The third kappa shape index (κ3) is 4.88. The highest BCUT2D eigenvalue weighted by molar-refractivity contribution is 8.00. The lowest BCUT2D eigenvalue weighted by molar-refractivity contribution is -0.124. The second kappa shape index (κ2) is 6.65. The normalized spacial score (nSPS) is 14.6. The zero-order valence-electron chi connectivity index (χ0n) is 11.8. The van der Waals surface area contributed by atoms with Crippen molar-refractivity contribution in [2.45, 2.75) is 65.3 Å². The van der Waals surface area contributed by atoms with Gasteiger partial charge in [0.25, 0.3) is 0 Å². The highest BCUT2D eigenvalue weighted by atomic mass is 32.2. The summed E-state index contributed by atoms with van der Waals surface area (Å²) < 4.78 is -0.0413. The first-order chi connectivity index (χ1) is 7.22. The average Bonchev–Trinajstić information content (AvgIpc) is 2.12. The Hall–Kier alpha value is -0.0200. The molecule has 0 aromatic heterocycles. The molecule has 16 heavy (non-hydrogen) atoms. The van der Waals surface area contributed by atoms with Crippen LogP contribution in [-0.4, -0.2) is 28.4 Å². The van der Waals surface area contributed by atoms with Gasteiger partial charge in [0.1, 0.15) is 0 Å². The Bertz CT molecular complexity index is 224. The van der Waals surface area contributed by atoms with Crippen molar-refractivity contribution in [3.05, 3.63) is 0 Å². The summed E-state index contributed by atoms with van der Waals surface area (Å²) in [6, 6.07) is 0.280. The summed E-state index contributed by atoms with van der Waals surface area (Å²) in [5, 5.41) is 3.42. The van der Waals surface area contributed by atoms with Crippen molar-refractivity contribution in [1.82, 2.24) is 5.32 Å². The zero-order chi connectivity index (χ0) is 12.9. The summed E-state index contributed by atoms with van der Waals surface area (Å²) in [6.07, 6.45) is 0. The van der Waals surface area contributed by atoms with Crippen LogP contribution in [0.5, 0.6) is 0 Å². The van der Waals surface area contributed by atoms with Crippen LogP contribution in [0.1, 0.15) is 48.5 Å². The Morgan fingerprint density at radius 3 is 2.06 bits per heavy atom. The first-order valence-corrected chi connectivity index (χ1v) is 7.14. The molecule has 0 aliphatic rings. The van der Waals surface area contributed by atoms with Crippen molar-refractivity contribution in [2.24, 2.45) is 5.92 Å². The van der Waals surface area contributed by atoms with Crippen molar-refractivity contribution in [3.8, 4) is 0 Å². The van der Waals surface area contributed by atoms with Crippen LogP contribution in [0.4, 0.5) is 0 Å². The molecular formula is C13H27NOS. The number of Topliss-reactive ketones (excluding diaryl/α,β-unsaturated/α-hetero) is 1. The molecule has 0 saturated heterocycles. The van der Waals surface area contributed by atoms with Gasteiger partial charge in [-0.15, -0.1) is 0 Å². The van der Waals surface area contributed by atoms with Crippen LogP contribution >= 0.6 is 11.8 Å². The van der Waals surface area contributed by atoms with Gasteiger partial charge in [-0.2, -0.15) is 11.8 Å². The quantitative estimate of drug-likeness (QED) is 0.747. The van der Waals surface area contributed by atoms with E-state index in [0.29, 0.717) is 11.8 Å². The number of rotatable bonds is 7. The maximum atomic E-state index is 12.2. The van der Waals surface area contributed by atoms with Gasteiger partial charge in [0.2, 0.25) is 0 Å². The van der Waals surface area contributed by atoms with Crippen molar-refractivity contribution in [1.29, 1.82) is 0 Å². The third-order valence-corrected chi connectivity index (χ3v) is 3.83. The molecule has 0 amide bonds. The lowest BCUT2D eigenvalue weighted by Gasteiger charge is -2.35. The largest absolute Gasteiger partial charge is 0.304 e. The number of ketones is 1. The Balaban J connectivity index is 4.85. The molecule has 0 aromatic rings. The summed E-state index contributed by atoms with van der Waals surface area (Å²) in [6.45, 7) is 14.6. The smallest absolute Gasteiger partial charge is 0.153 e. The van der Waals surface area contributed by atoms with Gasteiger partial charge in [-0.05, 0) is 19.6 Å². The molecule has 96 valence electrons. The van der Waals surface area contributed by atoms with E-state index in [4.69, 9.17) is 0 Å². The summed E-state index contributed by atoms with van der Waals surface area (Å²) in [5.74, 6) is 1.45. The van der Waals surface area contributed by atoms with E-state index in [1.165, 1.54) is 0 Å². The van der Waals surface area contributed by atoms with Gasteiger partial charge in [0.15, 0.2) is 5.78 Å². The molecule has 0 spiro atoms. The summed E-state index contributed by atoms with van der Waals surface area (Å²) >= 11 is 1.85. The SMILES string of the molecule is CCSC(C)(C)C(NC(C)C)C(=O)C(C)C. The van der Waals surface area contributed by atoms with E-state index in [1.54, 1.807) is 0 Å². The second-order valence-corrected chi connectivity index (χ2v) is 7.27. The standard InChI is InChI=1S/C13H27NOS/c1-8-16-13(6,7)12(14-10(4)5)11(15)9(2)3/h9-10,12,14H,8H2,1-7H3. The van der Waals surface area contributed by atoms with Gasteiger partial charge in [-0.25, -0.2) is 0 Å². The highest BCUT2D eigenvalue weighted by Gasteiger charge is 2.36. The number of carbonyl (C=O) groups excluding carboxylic acids is 1. The number of thioether (sulfide) groups is 1. The fraction of sp³-hybridized carbons (Fsp3) is 0.923. The fourth-order valence-corrected chi connectivity index (χ4v) is 2.84. The van der Waals surface area contributed by atoms with Crippen molar-refractivity contribution in [2.75, 3.05) is 5.75 Å². The van der Waals surface area contributed by atoms with E-state index in [1.807, 2.05) is 25.6 Å². The van der Waals surface area contributed by atoms with Crippen LogP contribution < -0.4 is 5.32 Å². The van der Waals surface area contributed by atoms with E-state index >= 15 is 0 Å². The van der Waals surface area contributed by atoms with E-state index < -0.39 is 0 Å². The number of nitrogens with one attached hydrogen (secondary N) is 1. The molecule has 0 radical (unpaired) electrons. The molecular weight excluding hydrogens is 218 g/mol. The molecule has 0 bridgehead atoms. The minimum atomic E-state index is -0.0579. The van der Waals surface area contributed by atoms with Crippen LogP contribution in [0, 0.1) is 5.92 Å². The molecule has 0 aliphatic heterocycles. The first-order valence-electron chi connectivity index (χ1n) is 6.16. The predicted octanol–water partition coefficient (Wildman–Crippen LogP) is 3.11. The molecule has 3 heteroatoms. The van der Waals surface area contributed by atoms with Crippen LogP contribution in [0.3, 0.4) is 0 Å². The lowest BCUT2D eigenvalue weighted by atomic mass is 9.91. The Morgan fingerprint density at radius 1 is 1.25 bits per heavy atom. The third-order valence-electron chi connectivity index (χ3n) is 2.57. The molecule has 0 heterocycles. The summed E-state index contributed by atoms with van der Waals surface area (Å²) in [5.41, 5.74) is 0. The lowest BCUT2D eigenvalue weighted by Crippen LogP contribution is -2.54. The van der Waals surface area contributed by atoms with E-state index in [0.717, 1.165) is 5.75 Å². The van der Waals surface area contributed by atoms with Gasteiger partial charge in [-0.3, -0.25) is 4.79 Å². The number of hydrogen-bond acceptors (Lipinski definition) is 3. The summed E-state index contributed by atoms with van der Waals surface area (Å²) in [7, 11) is 0. The van der Waals surface area contributed by atoms with Crippen molar-refractivity contribution < 1.29 is 4.79 Å². The van der Waals surface area contributed by atoms with E-state index in [2.05, 4.69) is 39.9 Å². The van der Waals surface area contributed by atoms with E-state index in [-0.39, 0.29) is 16.7 Å². The molecule has 0 rings (SSSR count). The second-order valence-electron chi connectivity index (χ2n) is 5.35. The fourth-order valence-electron chi connectivity index (χ4n) is 1.75. The molecule has 1 atom stereocenters. The van der Waals surface area contributed by atoms with Gasteiger partial charge < -0.3 is 5.32 Å². The molecule has 1 N–H and O–H groups in total. The number of carbonyl (C=O) groups is 1. The van der Waals surface area contributed by atoms with Crippen LogP contribution in [0.2, 0.25) is 0 Å².